The molecule has 0 radical (unpaired) electrons. The highest BCUT2D eigenvalue weighted by Gasteiger charge is 2.06. The number of rotatable bonds is 5. The molecular weight excluding hydrogens is 200 g/mol. The molecule has 1 rings (SSSR count). The molecule has 1 aromatic carbocycles. The van der Waals surface area contributed by atoms with Gasteiger partial charge in [0.05, 0.1) is 6.42 Å². The van der Waals surface area contributed by atoms with Gasteiger partial charge in [-0.2, -0.15) is 0 Å². The van der Waals surface area contributed by atoms with Gasteiger partial charge in [0.1, 0.15) is 0 Å². The summed E-state index contributed by atoms with van der Waals surface area (Å²) >= 11 is 0. The zero-order valence-corrected chi connectivity index (χ0v) is 9.99. The van der Waals surface area contributed by atoms with Crippen LogP contribution >= 0.6 is 0 Å². The van der Waals surface area contributed by atoms with E-state index in [-0.39, 0.29) is 11.9 Å². The van der Waals surface area contributed by atoms with E-state index in [0.29, 0.717) is 13.0 Å². The molecule has 16 heavy (non-hydrogen) atoms. The molecule has 0 saturated heterocycles. The van der Waals surface area contributed by atoms with Crippen molar-refractivity contribution >= 4 is 5.91 Å². The summed E-state index contributed by atoms with van der Waals surface area (Å²) in [7, 11) is 0. The molecule has 0 aliphatic heterocycles. The van der Waals surface area contributed by atoms with Crippen LogP contribution < -0.4 is 11.1 Å². The van der Waals surface area contributed by atoms with Gasteiger partial charge in [-0.15, -0.1) is 0 Å². The summed E-state index contributed by atoms with van der Waals surface area (Å²) in [6.45, 7) is 4.61. The van der Waals surface area contributed by atoms with E-state index >= 15 is 0 Å². The molecule has 0 heterocycles. The highest BCUT2D eigenvalue weighted by atomic mass is 16.1. The Morgan fingerprint density at radius 1 is 1.31 bits per heavy atom. The summed E-state index contributed by atoms with van der Waals surface area (Å²) < 4.78 is 0. The number of amides is 1. The Balaban J connectivity index is 2.49. The molecule has 0 fully saturated rings. The van der Waals surface area contributed by atoms with Gasteiger partial charge in [-0.3, -0.25) is 4.79 Å². The maximum Gasteiger partial charge on any atom is 0.224 e. The molecule has 3 nitrogen and oxygen atoms in total. The molecule has 0 spiro atoms. The second-order valence-corrected chi connectivity index (χ2v) is 4.07. The van der Waals surface area contributed by atoms with Gasteiger partial charge >= 0.3 is 0 Å². The molecular formula is C13H20N2O. The molecule has 0 aliphatic carbocycles. The minimum absolute atomic E-state index is 0.0786. The molecule has 3 N–H and O–H groups in total. The van der Waals surface area contributed by atoms with Gasteiger partial charge in [0.15, 0.2) is 0 Å². The van der Waals surface area contributed by atoms with Gasteiger partial charge in [-0.05, 0) is 24.5 Å². The van der Waals surface area contributed by atoms with Crippen LogP contribution in [0.25, 0.3) is 0 Å². The quantitative estimate of drug-likeness (QED) is 0.792. The Morgan fingerprint density at radius 3 is 2.38 bits per heavy atom. The molecule has 1 unspecified atom stereocenters. The molecule has 0 aromatic heterocycles. The predicted molar refractivity (Wildman–Crippen MR) is 65.9 cm³/mol. The molecule has 3 heteroatoms. The lowest BCUT2D eigenvalue weighted by Crippen LogP contribution is -2.33. The van der Waals surface area contributed by atoms with Gasteiger partial charge in [-0.1, -0.05) is 31.2 Å². The van der Waals surface area contributed by atoms with E-state index in [1.54, 1.807) is 0 Å². The van der Waals surface area contributed by atoms with Crippen molar-refractivity contribution in [1.82, 2.24) is 5.32 Å². The number of hydrogen-bond donors (Lipinski definition) is 2. The van der Waals surface area contributed by atoms with Crippen LogP contribution in [0.2, 0.25) is 0 Å². The minimum atomic E-state index is 0.0786. The predicted octanol–water partition coefficient (Wildman–Crippen LogP) is 1.60. The first-order valence-electron chi connectivity index (χ1n) is 5.73. The highest BCUT2D eigenvalue weighted by molar-refractivity contribution is 5.78. The first kappa shape index (κ1) is 12.7. The lowest BCUT2D eigenvalue weighted by Gasteiger charge is -2.11. The number of carbonyl (C=O) groups excluding carboxylic acids is 1. The first-order chi connectivity index (χ1) is 7.65. The molecule has 0 aliphatic rings. The van der Waals surface area contributed by atoms with E-state index in [4.69, 9.17) is 5.73 Å². The first-order valence-corrected chi connectivity index (χ1v) is 5.73. The van der Waals surface area contributed by atoms with Gasteiger partial charge in [0.2, 0.25) is 5.91 Å². The summed E-state index contributed by atoms with van der Waals surface area (Å²) in [5.41, 5.74) is 7.62. The van der Waals surface area contributed by atoms with Crippen LogP contribution in [0.5, 0.6) is 0 Å². The Labute approximate surface area is 97.0 Å². The van der Waals surface area contributed by atoms with Crippen LogP contribution in [0.4, 0.5) is 0 Å². The van der Waals surface area contributed by atoms with E-state index in [9.17, 15) is 4.79 Å². The largest absolute Gasteiger partial charge is 0.353 e. The van der Waals surface area contributed by atoms with E-state index < -0.39 is 0 Å². The SMILES string of the molecule is CCC(C)NC(=O)Cc1ccc(CN)cc1. The fraction of sp³-hybridized carbons (Fsp3) is 0.462. The van der Waals surface area contributed by atoms with Crippen LogP contribution in [-0.2, 0) is 17.8 Å². The summed E-state index contributed by atoms with van der Waals surface area (Å²) in [5, 5.41) is 2.94. The van der Waals surface area contributed by atoms with Crippen molar-refractivity contribution in [2.45, 2.75) is 39.3 Å². The standard InChI is InChI=1S/C13H20N2O/c1-3-10(2)15-13(16)8-11-4-6-12(9-14)7-5-11/h4-7,10H,3,8-9,14H2,1-2H3,(H,15,16). The third kappa shape index (κ3) is 4.03. The molecule has 0 saturated carbocycles. The zero-order valence-electron chi connectivity index (χ0n) is 9.99. The van der Waals surface area contributed by atoms with Gasteiger partial charge in [0.25, 0.3) is 0 Å². The third-order valence-electron chi connectivity index (χ3n) is 2.64. The average molecular weight is 220 g/mol. The topological polar surface area (TPSA) is 55.1 Å². The highest BCUT2D eigenvalue weighted by Crippen LogP contribution is 2.04. The third-order valence-corrected chi connectivity index (χ3v) is 2.64. The Hall–Kier alpha value is -1.35. The van der Waals surface area contributed by atoms with Crippen LogP contribution in [0.1, 0.15) is 31.4 Å². The number of carbonyl (C=O) groups is 1. The minimum Gasteiger partial charge on any atom is -0.353 e. The lowest BCUT2D eigenvalue weighted by molar-refractivity contribution is -0.121. The Bertz CT molecular complexity index is 332. The monoisotopic (exact) mass is 220 g/mol. The van der Waals surface area contributed by atoms with Crippen molar-refractivity contribution in [2.24, 2.45) is 5.73 Å². The lowest BCUT2D eigenvalue weighted by atomic mass is 10.1. The smallest absolute Gasteiger partial charge is 0.224 e. The summed E-state index contributed by atoms with van der Waals surface area (Å²) in [4.78, 5) is 11.6. The van der Waals surface area contributed by atoms with Crippen molar-refractivity contribution < 1.29 is 4.79 Å². The summed E-state index contributed by atoms with van der Waals surface area (Å²) in [6, 6.07) is 8.09. The van der Waals surface area contributed by atoms with Crippen molar-refractivity contribution in [3.8, 4) is 0 Å². The number of nitrogens with one attached hydrogen (secondary N) is 1. The van der Waals surface area contributed by atoms with E-state index in [2.05, 4.69) is 12.2 Å². The zero-order chi connectivity index (χ0) is 12.0. The Kier molecular flexibility index (Phi) is 4.99. The Morgan fingerprint density at radius 2 is 1.88 bits per heavy atom. The van der Waals surface area contributed by atoms with Gasteiger partial charge in [0, 0.05) is 12.6 Å². The molecule has 88 valence electrons. The van der Waals surface area contributed by atoms with Crippen molar-refractivity contribution in [3.05, 3.63) is 35.4 Å². The van der Waals surface area contributed by atoms with Crippen LogP contribution in [-0.4, -0.2) is 11.9 Å². The van der Waals surface area contributed by atoms with Crippen LogP contribution in [0.3, 0.4) is 0 Å². The van der Waals surface area contributed by atoms with Crippen molar-refractivity contribution in [1.29, 1.82) is 0 Å². The second kappa shape index (κ2) is 6.28. The fourth-order valence-corrected chi connectivity index (χ4v) is 1.41. The maximum absolute atomic E-state index is 11.6. The molecule has 1 atom stereocenters. The maximum atomic E-state index is 11.6. The van der Waals surface area contributed by atoms with E-state index in [0.717, 1.165) is 17.5 Å². The molecule has 1 amide bonds. The van der Waals surface area contributed by atoms with Gasteiger partial charge in [-0.25, -0.2) is 0 Å². The summed E-state index contributed by atoms with van der Waals surface area (Å²) in [5.74, 6) is 0.0786. The molecule has 1 aromatic rings. The fourth-order valence-electron chi connectivity index (χ4n) is 1.41. The van der Waals surface area contributed by atoms with E-state index in [1.807, 2.05) is 31.2 Å². The number of benzene rings is 1. The van der Waals surface area contributed by atoms with Gasteiger partial charge < -0.3 is 11.1 Å². The van der Waals surface area contributed by atoms with E-state index in [1.165, 1.54) is 0 Å². The number of nitrogens with two attached hydrogens (primary N) is 1. The normalized spacial score (nSPS) is 12.2. The van der Waals surface area contributed by atoms with Crippen LogP contribution in [0, 0.1) is 0 Å². The average Bonchev–Trinajstić information content (AvgIpc) is 2.29. The van der Waals surface area contributed by atoms with Crippen molar-refractivity contribution in [3.63, 3.8) is 0 Å². The summed E-state index contributed by atoms with van der Waals surface area (Å²) in [6.07, 6.45) is 1.40. The van der Waals surface area contributed by atoms with Crippen molar-refractivity contribution in [2.75, 3.05) is 0 Å². The molecule has 0 bridgehead atoms. The number of hydrogen-bond acceptors (Lipinski definition) is 2. The second-order valence-electron chi connectivity index (χ2n) is 4.07. The van der Waals surface area contributed by atoms with Crippen LogP contribution in [0.15, 0.2) is 24.3 Å².